The van der Waals surface area contributed by atoms with Crippen LogP contribution in [0.1, 0.15) is 26.7 Å². The second-order valence-electron chi connectivity index (χ2n) is 7.97. The first kappa shape index (κ1) is 21.7. The molecule has 0 aromatic rings. The number of nitrogens with one attached hydrogen (secondary N) is 3. The number of thioether (sulfide) groups is 1. The van der Waals surface area contributed by atoms with Crippen LogP contribution < -0.4 is 21.3 Å². The Labute approximate surface area is 174 Å². The zero-order valence-electron chi connectivity index (χ0n) is 17.0. The van der Waals surface area contributed by atoms with Gasteiger partial charge in [-0.15, -0.1) is 0 Å². The molecule has 3 heterocycles. The smallest absolute Gasteiger partial charge is 0.317 e. The van der Waals surface area contributed by atoms with Crippen LogP contribution >= 0.6 is 11.8 Å². The van der Waals surface area contributed by atoms with Crippen LogP contribution in [0.25, 0.3) is 0 Å². The highest BCUT2D eigenvalue weighted by Gasteiger charge is 2.42. The Balaban J connectivity index is 1.72. The van der Waals surface area contributed by atoms with Crippen molar-refractivity contribution in [1.82, 2.24) is 25.8 Å². The van der Waals surface area contributed by atoms with E-state index in [-0.39, 0.29) is 42.4 Å². The maximum Gasteiger partial charge on any atom is 0.317 e. The normalized spacial score (nSPS) is 27.6. The number of rotatable bonds is 4. The van der Waals surface area contributed by atoms with Crippen molar-refractivity contribution in [2.24, 2.45) is 0 Å². The van der Waals surface area contributed by atoms with E-state index < -0.39 is 12.1 Å². The third kappa shape index (κ3) is 5.33. The number of piperazine rings is 1. The first-order valence-corrected chi connectivity index (χ1v) is 11.4. The number of urea groups is 1. The number of hydrogen-bond donors (Lipinski definition) is 4. The van der Waals surface area contributed by atoms with Crippen molar-refractivity contribution in [2.45, 2.75) is 50.9 Å². The second kappa shape index (κ2) is 9.66. The first-order chi connectivity index (χ1) is 13.9. The fourth-order valence-electron chi connectivity index (χ4n) is 3.80. The maximum atomic E-state index is 13.1. The summed E-state index contributed by atoms with van der Waals surface area (Å²) in [5.41, 5.74) is 0. The summed E-state index contributed by atoms with van der Waals surface area (Å²) in [6, 6.07) is -1.87. The highest BCUT2D eigenvalue weighted by atomic mass is 32.2. The van der Waals surface area contributed by atoms with E-state index in [0.29, 0.717) is 31.8 Å². The molecule has 162 valence electrons. The highest BCUT2D eigenvalue weighted by molar-refractivity contribution is 7.99. The van der Waals surface area contributed by atoms with Gasteiger partial charge in [0.25, 0.3) is 5.91 Å². The Kier molecular flexibility index (Phi) is 7.23. The van der Waals surface area contributed by atoms with Gasteiger partial charge in [0.1, 0.15) is 18.0 Å². The predicted molar refractivity (Wildman–Crippen MR) is 108 cm³/mol. The van der Waals surface area contributed by atoms with Gasteiger partial charge in [-0.05, 0) is 26.7 Å². The van der Waals surface area contributed by atoms with Crippen LogP contribution in [0.3, 0.4) is 0 Å². The predicted octanol–water partition coefficient (Wildman–Crippen LogP) is -2.35. The summed E-state index contributed by atoms with van der Waals surface area (Å²) >= 11 is 1.69. The molecule has 3 saturated heterocycles. The topological polar surface area (TPSA) is 127 Å². The molecule has 29 heavy (non-hydrogen) atoms. The molecule has 3 rings (SSSR count). The number of piperidine rings is 1. The first-order valence-electron chi connectivity index (χ1n) is 10.2. The number of quaternary nitrogens is 1. The van der Waals surface area contributed by atoms with Crippen LogP contribution in [0.2, 0.25) is 0 Å². The molecule has 11 heteroatoms. The summed E-state index contributed by atoms with van der Waals surface area (Å²) in [4.78, 5) is 53.8. The van der Waals surface area contributed by atoms with E-state index in [2.05, 4.69) is 16.0 Å². The molecule has 0 saturated carbocycles. The van der Waals surface area contributed by atoms with Gasteiger partial charge in [0, 0.05) is 25.7 Å². The molecule has 0 radical (unpaired) electrons. The molecule has 5 amide bonds. The van der Waals surface area contributed by atoms with Gasteiger partial charge in [-0.2, -0.15) is 0 Å². The van der Waals surface area contributed by atoms with E-state index in [9.17, 15) is 19.2 Å². The van der Waals surface area contributed by atoms with Crippen LogP contribution in [0.5, 0.6) is 0 Å². The van der Waals surface area contributed by atoms with E-state index in [1.54, 1.807) is 21.6 Å². The summed E-state index contributed by atoms with van der Waals surface area (Å²) in [5.74, 6) is 0.881. The molecular formula is C18H31N6O4S+. The van der Waals surface area contributed by atoms with Gasteiger partial charge < -0.3 is 31.1 Å². The number of amides is 5. The average Bonchev–Trinajstić information content (AvgIpc) is 3.23. The van der Waals surface area contributed by atoms with E-state index >= 15 is 0 Å². The van der Waals surface area contributed by atoms with Gasteiger partial charge in [-0.25, -0.2) is 4.79 Å². The van der Waals surface area contributed by atoms with Gasteiger partial charge in [-0.1, -0.05) is 11.8 Å². The van der Waals surface area contributed by atoms with Gasteiger partial charge >= 0.3 is 6.03 Å². The zero-order valence-corrected chi connectivity index (χ0v) is 17.8. The van der Waals surface area contributed by atoms with Crippen molar-refractivity contribution in [3.63, 3.8) is 0 Å². The van der Waals surface area contributed by atoms with Crippen molar-refractivity contribution in [1.29, 1.82) is 0 Å². The standard InChI is InChI=1S/C18H30N6O4S/c1-11(2)21-18(28)23-6-7-24(17(27)13-9-29-10-20-13)14(8-23)16(26)22-12-4-3-5-19-15(12)25/h11-14,20H,3-10H2,1-2H3,(H,19,25)(H,21,28)(H,22,26)/p+1/t12-,13-,14+/m0/s1. The van der Waals surface area contributed by atoms with E-state index in [4.69, 9.17) is 0 Å². The summed E-state index contributed by atoms with van der Waals surface area (Å²) in [6.07, 6.45) is 1.37. The lowest BCUT2D eigenvalue weighted by Crippen LogP contribution is -2.90. The Morgan fingerprint density at radius 3 is 2.72 bits per heavy atom. The third-order valence-corrected chi connectivity index (χ3v) is 6.40. The molecule has 0 unspecified atom stereocenters. The minimum atomic E-state index is -0.803. The monoisotopic (exact) mass is 427 g/mol. The molecule has 0 spiro atoms. The molecule has 0 aromatic carbocycles. The van der Waals surface area contributed by atoms with Gasteiger partial charge in [0.2, 0.25) is 11.8 Å². The summed E-state index contributed by atoms with van der Waals surface area (Å²) in [5, 5.41) is 10.4. The molecule has 3 aliphatic rings. The summed E-state index contributed by atoms with van der Waals surface area (Å²) in [7, 11) is 0. The van der Waals surface area contributed by atoms with Crippen molar-refractivity contribution < 1.29 is 24.5 Å². The maximum absolute atomic E-state index is 13.1. The molecule has 10 nitrogen and oxygen atoms in total. The van der Waals surface area contributed by atoms with Crippen molar-refractivity contribution >= 4 is 35.5 Å². The van der Waals surface area contributed by atoms with Crippen LogP contribution in [0.15, 0.2) is 0 Å². The SMILES string of the molecule is CC(C)NC(=O)N1CCN(C(=O)[C@@H]2CSC[NH2+]2)[C@@H](C(=O)N[C@H]2CCCNC2=O)C1. The van der Waals surface area contributed by atoms with E-state index in [1.165, 1.54) is 0 Å². The summed E-state index contributed by atoms with van der Waals surface area (Å²) in [6.45, 7) is 5.14. The number of carbonyl (C=O) groups excluding carboxylic acids is 4. The molecule has 3 fully saturated rings. The number of carbonyl (C=O) groups is 4. The highest BCUT2D eigenvalue weighted by Crippen LogP contribution is 2.15. The molecular weight excluding hydrogens is 396 g/mol. The van der Waals surface area contributed by atoms with E-state index in [0.717, 1.165) is 12.3 Å². The van der Waals surface area contributed by atoms with Gasteiger partial charge in [-0.3, -0.25) is 14.4 Å². The lowest BCUT2D eigenvalue weighted by molar-refractivity contribution is -0.649. The quantitative estimate of drug-likeness (QED) is 0.399. The molecule has 0 bridgehead atoms. The van der Waals surface area contributed by atoms with Gasteiger partial charge in [0.15, 0.2) is 6.04 Å². The average molecular weight is 428 g/mol. The van der Waals surface area contributed by atoms with Crippen molar-refractivity contribution in [3.05, 3.63) is 0 Å². The Morgan fingerprint density at radius 2 is 2.07 bits per heavy atom. The fraction of sp³-hybridized carbons (Fsp3) is 0.778. The Morgan fingerprint density at radius 1 is 1.28 bits per heavy atom. The zero-order chi connectivity index (χ0) is 21.0. The fourth-order valence-corrected chi connectivity index (χ4v) is 4.84. The largest absolute Gasteiger partial charge is 0.354 e. The molecule has 3 aliphatic heterocycles. The number of nitrogens with zero attached hydrogens (tertiary/aromatic N) is 2. The number of nitrogens with two attached hydrogens (primary N) is 1. The molecule has 0 aliphatic carbocycles. The van der Waals surface area contributed by atoms with Crippen LogP contribution in [0.4, 0.5) is 4.79 Å². The molecule has 5 N–H and O–H groups in total. The van der Waals surface area contributed by atoms with Crippen LogP contribution in [0, 0.1) is 0 Å². The Hall–Kier alpha value is -2.01. The van der Waals surface area contributed by atoms with Gasteiger partial charge in [0.05, 0.1) is 12.3 Å². The lowest BCUT2D eigenvalue weighted by Gasteiger charge is -2.41. The minimum absolute atomic E-state index is 0.0227. The summed E-state index contributed by atoms with van der Waals surface area (Å²) < 4.78 is 0. The Bertz CT molecular complexity index is 654. The third-order valence-electron chi connectivity index (χ3n) is 5.38. The van der Waals surface area contributed by atoms with Crippen LogP contribution in [-0.2, 0) is 14.4 Å². The number of hydrogen-bond acceptors (Lipinski definition) is 5. The van der Waals surface area contributed by atoms with Crippen molar-refractivity contribution in [3.8, 4) is 0 Å². The second-order valence-corrected chi connectivity index (χ2v) is 9.05. The minimum Gasteiger partial charge on any atom is -0.354 e. The molecule has 3 atom stereocenters. The lowest BCUT2D eigenvalue weighted by atomic mass is 10.0. The van der Waals surface area contributed by atoms with Crippen LogP contribution in [-0.4, -0.2) is 95.5 Å². The van der Waals surface area contributed by atoms with E-state index in [1.807, 2.05) is 19.2 Å². The van der Waals surface area contributed by atoms with Crippen molar-refractivity contribution in [2.75, 3.05) is 37.8 Å². The molecule has 0 aromatic heterocycles.